The van der Waals surface area contributed by atoms with Gasteiger partial charge in [-0.1, -0.05) is 30.3 Å². The predicted molar refractivity (Wildman–Crippen MR) is 122 cm³/mol. The lowest BCUT2D eigenvalue weighted by Gasteiger charge is -2.41. The van der Waals surface area contributed by atoms with Crippen molar-refractivity contribution in [2.24, 2.45) is 0 Å². The fourth-order valence-corrected chi connectivity index (χ4v) is 4.52. The largest absolute Gasteiger partial charge is 0.460 e. The monoisotopic (exact) mass is 702 g/mol. The van der Waals surface area contributed by atoms with Crippen molar-refractivity contribution in [2.45, 2.75) is 54.7 Å². The van der Waals surface area contributed by atoms with Crippen LogP contribution in [0.4, 0.5) is 65.9 Å². The molecule has 21 heteroatoms. The minimum absolute atomic E-state index is 0.0248. The van der Waals surface area contributed by atoms with E-state index in [2.05, 4.69) is 4.18 Å². The molecule has 0 spiro atoms. The van der Waals surface area contributed by atoms with Crippen molar-refractivity contribution < 1.29 is 88.0 Å². The number of ether oxygens (including phenoxy) is 1. The number of alkyl halides is 15. The lowest BCUT2D eigenvalue weighted by molar-refractivity contribution is -0.451. The molecule has 0 heterocycles. The van der Waals surface area contributed by atoms with Gasteiger partial charge in [-0.25, -0.2) is 0 Å². The highest BCUT2D eigenvalue weighted by Gasteiger charge is 2.93. The van der Waals surface area contributed by atoms with Crippen molar-refractivity contribution in [3.05, 3.63) is 65.7 Å². The number of Topliss-reactive ketones (excluding diaryl/α,β-unsaturated/α-hetero) is 1. The van der Waals surface area contributed by atoms with Crippen LogP contribution < -0.4 is 4.18 Å². The Balaban J connectivity index is 2.34. The highest BCUT2D eigenvalue weighted by Crippen LogP contribution is 2.62. The summed E-state index contributed by atoms with van der Waals surface area (Å²) in [5.41, 5.74) is 0.120. The van der Waals surface area contributed by atoms with E-state index in [1.807, 2.05) is 0 Å². The lowest BCUT2D eigenvalue weighted by atomic mass is 9.91. The van der Waals surface area contributed by atoms with Crippen molar-refractivity contribution in [1.29, 1.82) is 0 Å². The molecule has 254 valence electrons. The van der Waals surface area contributed by atoms with Gasteiger partial charge < -0.3 is 8.92 Å². The zero-order valence-electron chi connectivity index (χ0n) is 21.8. The molecule has 0 amide bonds. The third kappa shape index (κ3) is 6.82. The summed E-state index contributed by atoms with van der Waals surface area (Å²) in [5.74, 6) is -54.2. The number of hydrogen-bond donors (Lipinski definition) is 0. The number of halogens is 15. The second-order valence-electron chi connectivity index (χ2n) is 8.99. The van der Waals surface area contributed by atoms with E-state index in [-0.39, 0.29) is 12.2 Å². The van der Waals surface area contributed by atoms with Gasteiger partial charge >= 0.3 is 51.8 Å². The molecule has 0 aromatic heterocycles. The molecule has 1 atom stereocenters. The topological polar surface area (TPSA) is 69.7 Å². The fourth-order valence-electron chi connectivity index (χ4n) is 3.43. The lowest BCUT2D eigenvalue weighted by Crippen LogP contribution is -2.73. The molecular weight excluding hydrogens is 685 g/mol. The fraction of sp³-hybridized carbons (Fsp3) is 0.458. The molecule has 0 fully saturated rings. The van der Waals surface area contributed by atoms with Gasteiger partial charge in [-0.3, -0.25) is 4.79 Å². The smallest absolute Gasteiger partial charge is 0.382 e. The third-order valence-electron chi connectivity index (χ3n) is 5.79. The van der Waals surface area contributed by atoms with Crippen LogP contribution >= 0.6 is 0 Å². The van der Waals surface area contributed by atoms with Gasteiger partial charge in [0.15, 0.2) is 11.5 Å². The summed E-state index contributed by atoms with van der Waals surface area (Å²) in [6, 6.07) is 10.4. The maximum absolute atomic E-state index is 14.1. The Morgan fingerprint density at radius 1 is 0.667 bits per heavy atom. The van der Waals surface area contributed by atoms with Gasteiger partial charge in [-0.15, -0.1) is 0 Å². The summed E-state index contributed by atoms with van der Waals surface area (Å²) < 4.78 is 233. The Kier molecular flexibility index (Phi) is 10.3. The zero-order valence-corrected chi connectivity index (χ0v) is 22.6. The van der Waals surface area contributed by atoms with Crippen LogP contribution in [0.15, 0.2) is 54.6 Å². The van der Waals surface area contributed by atoms with E-state index in [0.29, 0.717) is 17.7 Å². The number of rotatable bonds is 14. The number of hydrogen-bond acceptors (Lipinski definition) is 5. The van der Waals surface area contributed by atoms with Gasteiger partial charge in [0, 0.05) is 12.2 Å². The van der Waals surface area contributed by atoms with Crippen molar-refractivity contribution >= 4 is 15.9 Å². The molecule has 0 saturated carbocycles. The predicted octanol–water partition coefficient (Wildman–Crippen LogP) is 7.73. The highest BCUT2D eigenvalue weighted by atomic mass is 32.2. The van der Waals surface area contributed by atoms with Crippen molar-refractivity contribution in [1.82, 2.24) is 0 Å². The minimum atomic E-state index is -8.56. The molecule has 0 bridgehead atoms. The van der Waals surface area contributed by atoms with Crippen molar-refractivity contribution in [3.63, 3.8) is 0 Å². The molecule has 2 aromatic rings. The number of carbonyl (C=O) groups is 1. The maximum atomic E-state index is 14.1. The quantitative estimate of drug-likeness (QED) is 0.115. The minimum Gasteiger partial charge on any atom is -0.382 e. The van der Waals surface area contributed by atoms with E-state index in [4.69, 9.17) is 4.74 Å². The van der Waals surface area contributed by atoms with Gasteiger partial charge in [-0.05, 0) is 36.8 Å². The maximum Gasteiger partial charge on any atom is 0.460 e. The number of ketones is 1. The van der Waals surface area contributed by atoms with Crippen LogP contribution in [-0.4, -0.2) is 68.3 Å². The van der Waals surface area contributed by atoms with E-state index >= 15 is 0 Å². The van der Waals surface area contributed by atoms with E-state index in [1.165, 1.54) is 19.1 Å². The van der Waals surface area contributed by atoms with Crippen molar-refractivity contribution in [2.75, 3.05) is 12.4 Å². The number of carbonyl (C=O) groups excluding carboxylic acids is 1. The van der Waals surface area contributed by atoms with E-state index in [1.54, 1.807) is 18.2 Å². The average molecular weight is 702 g/mol. The van der Waals surface area contributed by atoms with Gasteiger partial charge in [0.1, 0.15) is 11.9 Å². The number of benzene rings is 2. The average Bonchev–Trinajstić information content (AvgIpc) is 2.90. The Hall–Kier alpha value is -3.23. The highest BCUT2D eigenvalue weighted by molar-refractivity contribution is 7.87. The summed E-state index contributed by atoms with van der Waals surface area (Å²) >= 11 is 0. The zero-order chi connectivity index (χ0) is 35.1. The van der Waals surface area contributed by atoms with Crippen molar-refractivity contribution in [3.8, 4) is 5.75 Å². The van der Waals surface area contributed by atoms with Gasteiger partial charge in [0.05, 0.1) is 0 Å². The summed E-state index contributed by atoms with van der Waals surface area (Å²) in [5, 5.41) is 0. The van der Waals surface area contributed by atoms with Crippen LogP contribution in [0, 0.1) is 0 Å². The van der Waals surface area contributed by atoms with Gasteiger partial charge in [0.2, 0.25) is 0 Å². The first kappa shape index (κ1) is 38.0. The van der Waals surface area contributed by atoms with Crippen LogP contribution in [-0.2, 0) is 14.9 Å². The summed E-state index contributed by atoms with van der Waals surface area (Å²) in [4.78, 5) is 12.8. The molecule has 2 rings (SSSR count). The second kappa shape index (κ2) is 12.2. The molecule has 0 aliphatic carbocycles. The van der Waals surface area contributed by atoms with Gasteiger partial charge in [0.25, 0.3) is 0 Å². The molecule has 2 aromatic carbocycles. The first-order chi connectivity index (χ1) is 20.1. The molecular formula is C24H17F15O5S. The first-order valence-electron chi connectivity index (χ1n) is 11.7. The van der Waals surface area contributed by atoms with Gasteiger partial charge in [-0.2, -0.15) is 74.3 Å². The standard InChI is InChI=1S/C24H17F15O5S/c1-2-43-17(14-6-4-3-5-7-14)16(40)13-8-10-15(11-9-13)44-45(41,42)12-18(25,26)19(27,28)20(29,30)21(31,32)22(33,34)23(35,36)24(37,38)39/h3-11,17H,2,12H2,1H3. The van der Waals surface area contributed by atoms with Crippen LogP contribution in [0.3, 0.4) is 0 Å². The molecule has 45 heavy (non-hydrogen) atoms. The van der Waals surface area contributed by atoms with Crippen LogP contribution in [0.1, 0.15) is 28.9 Å². The van der Waals surface area contributed by atoms with Crippen LogP contribution in [0.25, 0.3) is 0 Å². The normalized spacial score (nSPS) is 15.1. The Morgan fingerprint density at radius 2 is 1.11 bits per heavy atom. The third-order valence-corrected chi connectivity index (χ3v) is 6.95. The summed E-state index contributed by atoms with van der Waals surface area (Å²) in [6.07, 6.45) is -8.98. The molecule has 0 saturated heterocycles. The molecule has 1 unspecified atom stereocenters. The molecule has 0 aliphatic rings. The molecule has 5 nitrogen and oxygen atoms in total. The SMILES string of the molecule is CCOC(C(=O)c1ccc(OS(=O)(=O)CC(F)(F)C(F)(F)C(F)(F)C(F)(F)C(F)(F)C(F)(F)C(F)(F)F)cc1)c1ccccc1. The molecule has 0 aliphatic heterocycles. The Morgan fingerprint density at radius 3 is 1.56 bits per heavy atom. The molecule has 0 radical (unpaired) electrons. The molecule has 0 N–H and O–H groups in total. The van der Waals surface area contributed by atoms with Crippen LogP contribution in [0.2, 0.25) is 0 Å². The second-order valence-corrected chi connectivity index (χ2v) is 10.6. The van der Waals surface area contributed by atoms with E-state index in [0.717, 1.165) is 12.1 Å². The summed E-state index contributed by atoms with van der Waals surface area (Å²) in [7, 11) is -6.30. The summed E-state index contributed by atoms with van der Waals surface area (Å²) in [6.45, 7) is 1.56. The Bertz CT molecular complexity index is 1440. The van der Waals surface area contributed by atoms with Crippen LogP contribution in [0.5, 0.6) is 5.75 Å². The first-order valence-corrected chi connectivity index (χ1v) is 13.3. The Labute approximate surface area is 243 Å². The van der Waals surface area contributed by atoms with E-state index < -0.39 is 75.2 Å². The van der Waals surface area contributed by atoms with E-state index in [9.17, 15) is 79.1 Å².